The maximum absolute atomic E-state index is 12.2. The molecule has 0 bridgehead atoms. The lowest BCUT2D eigenvalue weighted by molar-refractivity contribution is 0.0935. The molecular weight excluding hydrogens is 292 g/mol. The van der Waals surface area contributed by atoms with Gasteiger partial charge in [-0.2, -0.15) is 0 Å². The number of nitrogens with one attached hydrogen (secondary N) is 2. The maximum Gasteiger partial charge on any atom is 0.255 e. The Labute approximate surface area is 135 Å². The van der Waals surface area contributed by atoms with E-state index in [4.69, 9.17) is 9.47 Å². The highest BCUT2D eigenvalue weighted by atomic mass is 16.5. The molecule has 0 spiro atoms. The van der Waals surface area contributed by atoms with Crippen LogP contribution in [0.4, 0.5) is 5.69 Å². The highest BCUT2D eigenvalue weighted by molar-refractivity contribution is 6.01. The molecule has 2 aromatic carbocycles. The van der Waals surface area contributed by atoms with Crippen LogP contribution in [0, 0.1) is 0 Å². The molecule has 2 aromatic rings. The first kappa shape index (κ1) is 15.2. The molecular formula is C18H20N2O3. The van der Waals surface area contributed by atoms with Gasteiger partial charge in [0, 0.05) is 5.69 Å². The van der Waals surface area contributed by atoms with Gasteiger partial charge in [0.2, 0.25) is 0 Å². The molecule has 1 heterocycles. The number of methoxy groups -OCH3 is 1. The largest absolute Gasteiger partial charge is 0.493 e. The van der Waals surface area contributed by atoms with Crippen LogP contribution in [0.25, 0.3) is 0 Å². The first-order chi connectivity index (χ1) is 11.1. The number of carbonyl (C=O) groups is 1. The number of carbonyl (C=O) groups excluding carboxylic acids is 1. The Balaban J connectivity index is 1.89. The van der Waals surface area contributed by atoms with Crippen molar-refractivity contribution in [3.63, 3.8) is 0 Å². The molecule has 2 N–H and O–H groups in total. The number of anilines is 1. The molecule has 120 valence electrons. The molecule has 1 aliphatic heterocycles. The molecule has 1 aliphatic rings. The number of ether oxygens (including phenoxy) is 2. The number of fused-ring (bicyclic) bond motifs is 1. The van der Waals surface area contributed by atoms with E-state index in [2.05, 4.69) is 10.6 Å². The predicted octanol–water partition coefficient (Wildman–Crippen LogP) is 3.34. The molecule has 0 aliphatic carbocycles. The normalized spacial score (nSPS) is 16.3. The fraction of sp³-hybridized carbons (Fsp3) is 0.278. The third-order valence-electron chi connectivity index (χ3n) is 3.63. The van der Waals surface area contributed by atoms with E-state index in [0.29, 0.717) is 17.1 Å². The minimum absolute atomic E-state index is 0.0640. The Hall–Kier alpha value is -2.69. The van der Waals surface area contributed by atoms with Crippen molar-refractivity contribution >= 4 is 11.6 Å². The molecule has 0 fully saturated rings. The van der Waals surface area contributed by atoms with Crippen LogP contribution in [0.1, 0.15) is 35.9 Å². The first-order valence-electron chi connectivity index (χ1n) is 7.59. The zero-order valence-corrected chi connectivity index (χ0v) is 13.4. The maximum atomic E-state index is 12.2. The van der Waals surface area contributed by atoms with Crippen molar-refractivity contribution in [1.29, 1.82) is 0 Å². The molecule has 1 atom stereocenters. The standard InChI is InChI=1S/C18H20N2O3/c1-11(2)23-15-9-8-12(10-16(15)22-3)17-19-14-7-5-4-6-13(14)18(21)20-17/h4-11,17,19H,1-3H3,(H,20,21)/t17-/m0/s1. The number of rotatable bonds is 4. The van der Waals surface area contributed by atoms with Gasteiger partial charge in [0.05, 0.1) is 18.8 Å². The SMILES string of the molecule is COc1cc([C@@H]2NC(=O)c3ccccc3N2)ccc1OC(C)C. The zero-order chi connectivity index (χ0) is 16.4. The summed E-state index contributed by atoms with van der Waals surface area (Å²) in [5.74, 6) is 1.24. The van der Waals surface area contributed by atoms with Crippen molar-refractivity contribution in [3.05, 3.63) is 53.6 Å². The summed E-state index contributed by atoms with van der Waals surface area (Å²) in [6, 6.07) is 13.1. The van der Waals surface area contributed by atoms with Crippen LogP contribution in [0.2, 0.25) is 0 Å². The predicted molar refractivity (Wildman–Crippen MR) is 89.0 cm³/mol. The second kappa shape index (κ2) is 6.20. The van der Waals surface area contributed by atoms with E-state index >= 15 is 0 Å². The molecule has 0 radical (unpaired) electrons. The Morgan fingerprint density at radius 3 is 2.57 bits per heavy atom. The smallest absolute Gasteiger partial charge is 0.255 e. The van der Waals surface area contributed by atoms with Gasteiger partial charge in [0.15, 0.2) is 11.5 Å². The van der Waals surface area contributed by atoms with Gasteiger partial charge >= 0.3 is 0 Å². The number of amides is 1. The Morgan fingerprint density at radius 1 is 1.04 bits per heavy atom. The minimum Gasteiger partial charge on any atom is -0.493 e. The average Bonchev–Trinajstić information content (AvgIpc) is 2.54. The summed E-state index contributed by atoms with van der Waals surface area (Å²) in [5.41, 5.74) is 2.37. The van der Waals surface area contributed by atoms with Gasteiger partial charge < -0.3 is 20.1 Å². The lowest BCUT2D eigenvalue weighted by Crippen LogP contribution is -2.38. The van der Waals surface area contributed by atoms with Gasteiger partial charge in [-0.15, -0.1) is 0 Å². The van der Waals surface area contributed by atoms with E-state index in [-0.39, 0.29) is 18.2 Å². The van der Waals surface area contributed by atoms with Crippen LogP contribution in [0.3, 0.4) is 0 Å². The molecule has 0 saturated carbocycles. The van der Waals surface area contributed by atoms with Crippen molar-refractivity contribution < 1.29 is 14.3 Å². The van der Waals surface area contributed by atoms with E-state index < -0.39 is 0 Å². The summed E-state index contributed by atoms with van der Waals surface area (Å²) in [4.78, 5) is 12.2. The fourth-order valence-electron chi connectivity index (χ4n) is 2.59. The summed E-state index contributed by atoms with van der Waals surface area (Å²) in [5, 5.41) is 6.28. The highest BCUT2D eigenvalue weighted by Gasteiger charge is 2.24. The van der Waals surface area contributed by atoms with E-state index in [1.807, 2.05) is 50.2 Å². The molecule has 0 saturated heterocycles. The average molecular weight is 312 g/mol. The Morgan fingerprint density at radius 2 is 1.83 bits per heavy atom. The van der Waals surface area contributed by atoms with Crippen molar-refractivity contribution in [2.24, 2.45) is 0 Å². The second-order valence-electron chi connectivity index (χ2n) is 5.67. The van der Waals surface area contributed by atoms with Gasteiger partial charge in [-0.05, 0) is 43.7 Å². The van der Waals surface area contributed by atoms with Gasteiger partial charge in [0.1, 0.15) is 6.17 Å². The summed E-state index contributed by atoms with van der Waals surface area (Å²) in [6.07, 6.45) is -0.242. The third-order valence-corrected chi connectivity index (χ3v) is 3.63. The molecule has 3 rings (SSSR count). The Bertz CT molecular complexity index is 728. The fourth-order valence-corrected chi connectivity index (χ4v) is 2.59. The zero-order valence-electron chi connectivity index (χ0n) is 13.4. The number of hydrogen-bond donors (Lipinski definition) is 2. The lowest BCUT2D eigenvalue weighted by atomic mass is 10.1. The topological polar surface area (TPSA) is 59.6 Å². The van der Waals surface area contributed by atoms with Crippen molar-refractivity contribution in [1.82, 2.24) is 5.32 Å². The number of para-hydroxylation sites is 1. The van der Waals surface area contributed by atoms with Crippen LogP contribution in [0.15, 0.2) is 42.5 Å². The van der Waals surface area contributed by atoms with Crippen molar-refractivity contribution in [3.8, 4) is 11.5 Å². The first-order valence-corrected chi connectivity index (χ1v) is 7.59. The van der Waals surface area contributed by atoms with Crippen LogP contribution in [-0.2, 0) is 0 Å². The highest BCUT2D eigenvalue weighted by Crippen LogP contribution is 2.33. The summed E-state index contributed by atoms with van der Waals surface area (Å²) in [7, 11) is 1.61. The monoisotopic (exact) mass is 312 g/mol. The van der Waals surface area contributed by atoms with Gasteiger partial charge in [0.25, 0.3) is 5.91 Å². The molecule has 0 unspecified atom stereocenters. The van der Waals surface area contributed by atoms with Crippen LogP contribution in [0.5, 0.6) is 11.5 Å². The van der Waals surface area contributed by atoms with Gasteiger partial charge in [-0.25, -0.2) is 0 Å². The summed E-state index contributed by atoms with van der Waals surface area (Å²) in [6.45, 7) is 3.93. The summed E-state index contributed by atoms with van der Waals surface area (Å²) >= 11 is 0. The molecule has 0 aromatic heterocycles. The van der Waals surface area contributed by atoms with Crippen molar-refractivity contribution in [2.75, 3.05) is 12.4 Å². The third kappa shape index (κ3) is 3.08. The summed E-state index contributed by atoms with van der Waals surface area (Å²) < 4.78 is 11.1. The van der Waals surface area contributed by atoms with Crippen LogP contribution in [-0.4, -0.2) is 19.1 Å². The quantitative estimate of drug-likeness (QED) is 0.909. The molecule has 23 heavy (non-hydrogen) atoms. The van der Waals surface area contributed by atoms with Crippen LogP contribution < -0.4 is 20.1 Å². The molecule has 1 amide bonds. The van der Waals surface area contributed by atoms with E-state index in [1.54, 1.807) is 13.2 Å². The molecule has 5 heteroatoms. The number of hydrogen-bond acceptors (Lipinski definition) is 4. The van der Waals surface area contributed by atoms with E-state index in [9.17, 15) is 4.79 Å². The van der Waals surface area contributed by atoms with E-state index in [1.165, 1.54) is 0 Å². The van der Waals surface area contributed by atoms with Gasteiger partial charge in [-0.1, -0.05) is 18.2 Å². The van der Waals surface area contributed by atoms with E-state index in [0.717, 1.165) is 11.3 Å². The molecule has 5 nitrogen and oxygen atoms in total. The Kier molecular flexibility index (Phi) is 4.10. The minimum atomic E-state index is -0.306. The lowest BCUT2D eigenvalue weighted by Gasteiger charge is -2.28. The number of benzene rings is 2. The van der Waals surface area contributed by atoms with Crippen molar-refractivity contribution in [2.45, 2.75) is 26.1 Å². The second-order valence-corrected chi connectivity index (χ2v) is 5.67. The van der Waals surface area contributed by atoms with Crippen LogP contribution >= 0.6 is 0 Å². The van der Waals surface area contributed by atoms with Gasteiger partial charge in [-0.3, -0.25) is 4.79 Å².